The van der Waals surface area contributed by atoms with Gasteiger partial charge in [-0.15, -0.1) is 13.2 Å². The number of carbonyl (C=O) groups is 1. The highest BCUT2D eigenvalue weighted by Crippen LogP contribution is 2.46. The van der Waals surface area contributed by atoms with Gasteiger partial charge in [-0.25, -0.2) is 4.79 Å². The van der Waals surface area contributed by atoms with E-state index in [0.29, 0.717) is 19.0 Å². The zero-order valence-corrected chi connectivity index (χ0v) is 30.4. The van der Waals surface area contributed by atoms with Gasteiger partial charge in [0.2, 0.25) is 0 Å². The second kappa shape index (κ2) is 19.0. The smallest absolute Gasteiger partial charge is 0.410 e. The quantitative estimate of drug-likeness (QED) is 0.149. The Morgan fingerprint density at radius 1 is 1.00 bits per heavy atom. The van der Waals surface area contributed by atoms with Crippen LogP contribution in [0, 0.1) is 10.8 Å². The Morgan fingerprint density at radius 3 is 2.05 bits per heavy atom. The number of anilines is 1. The molecular formula is C38H67N3O2. The van der Waals surface area contributed by atoms with E-state index in [9.17, 15) is 4.79 Å². The first-order valence-electron chi connectivity index (χ1n) is 16.5. The Labute approximate surface area is 266 Å². The van der Waals surface area contributed by atoms with Crippen molar-refractivity contribution < 1.29 is 9.53 Å². The third-order valence-corrected chi connectivity index (χ3v) is 7.81. The highest BCUT2D eigenvalue weighted by molar-refractivity contribution is 5.99. The molecule has 0 aromatic heterocycles. The van der Waals surface area contributed by atoms with Crippen molar-refractivity contribution in [2.75, 3.05) is 38.1 Å². The zero-order chi connectivity index (χ0) is 33.4. The highest BCUT2D eigenvalue weighted by Gasteiger charge is 2.32. The van der Waals surface area contributed by atoms with Crippen molar-refractivity contribution in [3.8, 4) is 0 Å². The van der Waals surface area contributed by atoms with Gasteiger partial charge in [0, 0.05) is 38.1 Å². The molecule has 0 spiro atoms. The Hall–Kier alpha value is -2.56. The van der Waals surface area contributed by atoms with Gasteiger partial charge in [0.15, 0.2) is 0 Å². The van der Waals surface area contributed by atoms with Crippen LogP contribution in [-0.2, 0) is 4.74 Å². The highest BCUT2D eigenvalue weighted by atomic mass is 16.6. The van der Waals surface area contributed by atoms with Gasteiger partial charge in [-0.05, 0) is 100 Å². The molecule has 0 N–H and O–H groups in total. The van der Waals surface area contributed by atoms with Crippen LogP contribution in [0.15, 0.2) is 48.5 Å². The summed E-state index contributed by atoms with van der Waals surface area (Å²) in [5.74, 6) is 0.428. The fourth-order valence-electron chi connectivity index (χ4n) is 5.53. The van der Waals surface area contributed by atoms with Crippen LogP contribution in [0.3, 0.4) is 0 Å². The molecule has 0 saturated heterocycles. The summed E-state index contributed by atoms with van der Waals surface area (Å²) in [4.78, 5) is 21.4. The number of carbonyl (C=O) groups excluding carboxylic acids is 1. The molecule has 43 heavy (non-hydrogen) atoms. The molecule has 0 fully saturated rings. The van der Waals surface area contributed by atoms with E-state index in [1.807, 2.05) is 40.0 Å². The molecule has 0 radical (unpaired) electrons. The standard InChI is InChI=1S/C34H59N3O2.C4H8/c1-14-20-35-26(5)28-18-19-30(37(17-4)22-21-36(13)31(38)39-33(9,10)11)29(23-28)27(15-2)24-34(12,16-3)25-32(6,7)8;1-3-4-2/h14,18-19,23,27H,1,15-17,20-22,24-25H2,2-13H3;3H,1,4H2,2H3. The van der Waals surface area contributed by atoms with Crippen LogP contribution < -0.4 is 4.90 Å². The molecule has 0 aliphatic carbocycles. The van der Waals surface area contributed by atoms with Gasteiger partial charge in [-0.1, -0.05) is 73.1 Å². The molecule has 1 rings (SSSR count). The number of aliphatic imine (C=N–C) groups is 1. The predicted molar refractivity (Wildman–Crippen MR) is 191 cm³/mol. The lowest BCUT2D eigenvalue weighted by Crippen LogP contribution is -2.39. The van der Waals surface area contributed by atoms with Crippen molar-refractivity contribution >= 4 is 17.5 Å². The molecule has 5 nitrogen and oxygen atoms in total. The summed E-state index contributed by atoms with van der Waals surface area (Å²) in [7, 11) is 1.82. The average Bonchev–Trinajstić information content (AvgIpc) is 2.93. The van der Waals surface area contributed by atoms with Gasteiger partial charge in [-0.2, -0.15) is 0 Å². The Morgan fingerprint density at radius 2 is 1.60 bits per heavy atom. The van der Waals surface area contributed by atoms with E-state index in [-0.39, 0.29) is 16.9 Å². The van der Waals surface area contributed by atoms with Crippen molar-refractivity contribution in [1.82, 2.24) is 4.90 Å². The Kier molecular flexibility index (Phi) is 17.8. The summed E-state index contributed by atoms with van der Waals surface area (Å²) < 4.78 is 5.58. The van der Waals surface area contributed by atoms with Crippen LogP contribution in [0.1, 0.15) is 132 Å². The SMILES string of the molecule is C=CCC.C=CCN=C(C)c1ccc(N(CC)CCN(C)C(=O)OC(C)(C)C)c(C(CC)CC(C)(CC)CC(C)(C)C)c1. The molecule has 1 aromatic carbocycles. The fraction of sp³-hybridized carbons (Fsp3) is 0.684. The van der Waals surface area contributed by atoms with E-state index in [2.05, 4.69) is 98.6 Å². The van der Waals surface area contributed by atoms with Gasteiger partial charge in [0.25, 0.3) is 0 Å². The number of ether oxygens (including phenoxy) is 1. The largest absolute Gasteiger partial charge is 0.444 e. The van der Waals surface area contributed by atoms with Gasteiger partial charge >= 0.3 is 6.09 Å². The van der Waals surface area contributed by atoms with E-state index >= 15 is 0 Å². The molecule has 0 saturated carbocycles. The van der Waals surface area contributed by atoms with Crippen molar-refractivity contribution in [2.45, 2.75) is 127 Å². The number of hydrogen-bond donors (Lipinski definition) is 0. The third-order valence-electron chi connectivity index (χ3n) is 7.81. The third kappa shape index (κ3) is 15.6. The second-order valence-electron chi connectivity index (χ2n) is 14.4. The number of nitrogens with zero attached hydrogens (tertiary/aromatic N) is 3. The van der Waals surface area contributed by atoms with Crippen LogP contribution in [0.5, 0.6) is 0 Å². The van der Waals surface area contributed by atoms with E-state index in [4.69, 9.17) is 9.73 Å². The molecule has 2 unspecified atom stereocenters. The molecule has 0 aliphatic rings. The molecule has 1 amide bonds. The van der Waals surface area contributed by atoms with E-state index in [1.54, 1.807) is 4.90 Å². The minimum absolute atomic E-state index is 0.256. The zero-order valence-electron chi connectivity index (χ0n) is 30.4. The number of amides is 1. The first-order chi connectivity index (χ1) is 19.9. The number of hydrogen-bond acceptors (Lipinski definition) is 4. The van der Waals surface area contributed by atoms with Crippen LogP contribution in [0.4, 0.5) is 10.5 Å². The number of benzene rings is 1. The van der Waals surface area contributed by atoms with Gasteiger partial charge < -0.3 is 14.5 Å². The molecule has 0 bridgehead atoms. The van der Waals surface area contributed by atoms with Crippen molar-refractivity contribution in [3.63, 3.8) is 0 Å². The second-order valence-corrected chi connectivity index (χ2v) is 14.4. The molecule has 5 heteroatoms. The molecule has 0 heterocycles. The van der Waals surface area contributed by atoms with Crippen LogP contribution in [-0.4, -0.2) is 55.5 Å². The summed E-state index contributed by atoms with van der Waals surface area (Å²) in [6.45, 7) is 36.4. The van der Waals surface area contributed by atoms with E-state index < -0.39 is 5.60 Å². The summed E-state index contributed by atoms with van der Waals surface area (Å²) >= 11 is 0. The molecule has 0 aliphatic heterocycles. The van der Waals surface area contributed by atoms with Crippen molar-refractivity contribution in [1.29, 1.82) is 0 Å². The topological polar surface area (TPSA) is 45.1 Å². The lowest BCUT2D eigenvalue weighted by Gasteiger charge is -2.39. The predicted octanol–water partition coefficient (Wildman–Crippen LogP) is 10.7. The van der Waals surface area contributed by atoms with Crippen LogP contribution >= 0.6 is 0 Å². The maximum atomic E-state index is 12.6. The monoisotopic (exact) mass is 598 g/mol. The minimum Gasteiger partial charge on any atom is -0.444 e. The molecular weight excluding hydrogens is 530 g/mol. The maximum Gasteiger partial charge on any atom is 0.410 e. The Bertz CT molecular complexity index is 1010. The molecule has 2 atom stereocenters. The fourth-order valence-corrected chi connectivity index (χ4v) is 5.53. The number of allylic oxidation sites excluding steroid dienone is 1. The van der Waals surface area contributed by atoms with E-state index in [0.717, 1.165) is 44.5 Å². The summed E-state index contributed by atoms with van der Waals surface area (Å²) in [6.07, 6.45) is 9.09. The van der Waals surface area contributed by atoms with Crippen molar-refractivity contribution in [2.24, 2.45) is 15.8 Å². The van der Waals surface area contributed by atoms with Crippen LogP contribution in [0.25, 0.3) is 0 Å². The average molecular weight is 598 g/mol. The normalized spacial score (nSPS) is 14.1. The van der Waals surface area contributed by atoms with Crippen molar-refractivity contribution in [3.05, 3.63) is 54.6 Å². The lowest BCUT2D eigenvalue weighted by atomic mass is 9.67. The summed E-state index contributed by atoms with van der Waals surface area (Å²) in [5, 5.41) is 0. The van der Waals surface area contributed by atoms with E-state index in [1.165, 1.54) is 23.2 Å². The lowest BCUT2D eigenvalue weighted by molar-refractivity contribution is 0.0303. The number of rotatable bonds is 15. The first kappa shape index (κ1) is 40.4. The maximum absolute atomic E-state index is 12.6. The van der Waals surface area contributed by atoms with Gasteiger partial charge in [0.05, 0.1) is 6.54 Å². The number of likely N-dealkylation sites (N-methyl/N-ethyl adjacent to an activating group) is 2. The summed E-state index contributed by atoms with van der Waals surface area (Å²) in [5.41, 5.74) is 4.89. The molecule has 246 valence electrons. The van der Waals surface area contributed by atoms with Crippen LogP contribution in [0.2, 0.25) is 0 Å². The van der Waals surface area contributed by atoms with Gasteiger partial charge in [-0.3, -0.25) is 4.99 Å². The Balaban J connectivity index is 0.00000413. The minimum atomic E-state index is -0.503. The summed E-state index contributed by atoms with van der Waals surface area (Å²) in [6, 6.07) is 6.84. The van der Waals surface area contributed by atoms with Gasteiger partial charge in [0.1, 0.15) is 5.60 Å². The first-order valence-corrected chi connectivity index (χ1v) is 16.5. The molecule has 1 aromatic rings.